The van der Waals surface area contributed by atoms with Crippen LogP contribution in [0.3, 0.4) is 0 Å². The van der Waals surface area contributed by atoms with Crippen LogP contribution in [0.4, 0.5) is 11.4 Å². The van der Waals surface area contributed by atoms with E-state index in [1.165, 1.54) is 12.8 Å². The molecule has 1 heterocycles. The molecule has 0 unspecified atom stereocenters. The second-order valence-corrected chi connectivity index (χ2v) is 7.18. The highest BCUT2D eigenvalue weighted by Crippen LogP contribution is 2.16. The Morgan fingerprint density at radius 1 is 0.929 bits per heavy atom. The van der Waals surface area contributed by atoms with E-state index < -0.39 is 0 Å². The number of likely N-dealkylation sites (tertiary alicyclic amines) is 1. The molecule has 0 spiro atoms. The van der Waals surface area contributed by atoms with Crippen LogP contribution in [-0.4, -0.2) is 42.9 Å². The molecule has 1 N–H and O–H groups in total. The van der Waals surface area contributed by atoms with Gasteiger partial charge in [-0.05, 0) is 56.2 Å². The molecule has 1 fully saturated rings. The van der Waals surface area contributed by atoms with Gasteiger partial charge in [0.25, 0.3) is 5.91 Å². The topological polar surface area (TPSA) is 52.7 Å². The van der Waals surface area contributed by atoms with Crippen molar-refractivity contribution in [3.05, 3.63) is 60.2 Å². The van der Waals surface area contributed by atoms with Gasteiger partial charge >= 0.3 is 0 Å². The van der Waals surface area contributed by atoms with Crippen LogP contribution in [0.1, 0.15) is 43.0 Å². The lowest BCUT2D eigenvalue weighted by molar-refractivity contribution is -0.115. The van der Waals surface area contributed by atoms with Gasteiger partial charge in [0, 0.05) is 36.6 Å². The van der Waals surface area contributed by atoms with Crippen molar-refractivity contribution < 1.29 is 9.59 Å². The van der Waals surface area contributed by atoms with Crippen molar-refractivity contribution in [2.24, 2.45) is 0 Å². The predicted octanol–water partition coefficient (Wildman–Crippen LogP) is 4.17. The maximum Gasteiger partial charge on any atom is 0.253 e. The molecule has 0 atom stereocenters. The Balaban J connectivity index is 1.57. The molecule has 5 nitrogen and oxygen atoms in total. The van der Waals surface area contributed by atoms with Crippen LogP contribution in [0.2, 0.25) is 0 Å². The number of carbonyl (C=O) groups excluding carboxylic acids is 2. The minimum Gasteiger partial charge on any atom is -0.362 e. The molecule has 3 rings (SSSR count). The molecule has 2 aromatic rings. The van der Waals surface area contributed by atoms with Crippen LogP contribution in [0.15, 0.2) is 54.6 Å². The van der Waals surface area contributed by atoms with Crippen LogP contribution in [0.25, 0.3) is 0 Å². The minimum atomic E-state index is -0.0719. The zero-order valence-corrected chi connectivity index (χ0v) is 16.6. The van der Waals surface area contributed by atoms with Gasteiger partial charge in [-0.25, -0.2) is 0 Å². The zero-order chi connectivity index (χ0) is 19.8. The van der Waals surface area contributed by atoms with Gasteiger partial charge in [0.05, 0.1) is 6.54 Å². The smallest absolute Gasteiger partial charge is 0.253 e. The number of nitrogens with one attached hydrogen (secondary N) is 1. The van der Waals surface area contributed by atoms with Gasteiger partial charge in [-0.3, -0.25) is 9.59 Å². The molecule has 0 radical (unpaired) electrons. The van der Waals surface area contributed by atoms with Crippen molar-refractivity contribution in [2.45, 2.75) is 32.6 Å². The molecule has 1 aliphatic heterocycles. The van der Waals surface area contributed by atoms with Gasteiger partial charge in [0.2, 0.25) is 5.91 Å². The molecule has 2 amide bonds. The third kappa shape index (κ3) is 5.35. The van der Waals surface area contributed by atoms with Crippen LogP contribution < -0.4 is 10.2 Å². The van der Waals surface area contributed by atoms with Gasteiger partial charge in [-0.1, -0.05) is 31.0 Å². The molecule has 1 saturated heterocycles. The van der Waals surface area contributed by atoms with Gasteiger partial charge in [-0.2, -0.15) is 0 Å². The summed E-state index contributed by atoms with van der Waals surface area (Å²) in [7, 11) is 0. The fourth-order valence-corrected chi connectivity index (χ4v) is 3.55. The number of benzene rings is 2. The zero-order valence-electron chi connectivity index (χ0n) is 16.6. The number of hydrogen-bond donors (Lipinski definition) is 1. The first-order valence-electron chi connectivity index (χ1n) is 10.2. The Morgan fingerprint density at radius 2 is 1.57 bits per heavy atom. The Morgan fingerprint density at radius 3 is 2.18 bits per heavy atom. The monoisotopic (exact) mass is 379 g/mol. The number of nitrogens with zero attached hydrogens (tertiary/aromatic N) is 2. The minimum absolute atomic E-state index is 0.0719. The van der Waals surface area contributed by atoms with Crippen LogP contribution >= 0.6 is 0 Å². The molecule has 1 aliphatic rings. The lowest BCUT2D eigenvalue weighted by atomic mass is 10.1. The maximum atomic E-state index is 12.7. The largest absolute Gasteiger partial charge is 0.362 e. The van der Waals surface area contributed by atoms with Crippen molar-refractivity contribution in [1.29, 1.82) is 0 Å². The summed E-state index contributed by atoms with van der Waals surface area (Å²) in [5, 5.41) is 2.93. The number of para-hydroxylation sites is 1. The average Bonchev–Trinajstić information content (AvgIpc) is 3.02. The summed E-state index contributed by atoms with van der Waals surface area (Å²) in [5.74, 6) is 0.0123. The molecule has 0 saturated carbocycles. The second-order valence-electron chi connectivity index (χ2n) is 7.18. The van der Waals surface area contributed by atoms with Crippen LogP contribution in [0, 0.1) is 0 Å². The highest BCUT2D eigenvalue weighted by molar-refractivity contribution is 5.96. The number of likely N-dealkylation sites (N-methyl/N-ethyl adjacent to an activating group) is 1. The molecule has 0 aliphatic carbocycles. The Kier molecular flexibility index (Phi) is 7.06. The summed E-state index contributed by atoms with van der Waals surface area (Å²) in [6.07, 6.45) is 4.56. The third-order valence-electron chi connectivity index (χ3n) is 5.15. The normalized spacial score (nSPS) is 14.2. The summed E-state index contributed by atoms with van der Waals surface area (Å²) in [4.78, 5) is 29.1. The van der Waals surface area contributed by atoms with Crippen LogP contribution in [0.5, 0.6) is 0 Å². The Labute approximate surface area is 167 Å². The van der Waals surface area contributed by atoms with Gasteiger partial charge in [-0.15, -0.1) is 0 Å². The van der Waals surface area contributed by atoms with Crippen molar-refractivity contribution in [1.82, 2.24) is 4.90 Å². The molecular formula is C23H29N3O2. The lowest BCUT2D eigenvalue weighted by Crippen LogP contribution is -2.33. The summed E-state index contributed by atoms with van der Waals surface area (Å²) >= 11 is 0. The maximum absolute atomic E-state index is 12.7. The molecule has 2 aromatic carbocycles. The molecule has 0 aromatic heterocycles. The molecular weight excluding hydrogens is 350 g/mol. The standard InChI is InChI=1S/C23H29N3O2/c1-2-25(21-10-6-5-7-11-21)18-22(27)24-20-14-12-19(13-15-20)23(28)26-16-8-3-4-9-17-26/h5-7,10-15H,2-4,8-9,16-18H2,1H3,(H,24,27). The SMILES string of the molecule is CCN(CC(=O)Nc1ccc(C(=O)N2CCCCCC2)cc1)c1ccccc1. The van der Waals surface area contributed by atoms with E-state index in [4.69, 9.17) is 0 Å². The molecule has 5 heteroatoms. The van der Waals surface area contributed by atoms with E-state index in [0.29, 0.717) is 11.3 Å². The summed E-state index contributed by atoms with van der Waals surface area (Å²) in [6.45, 7) is 4.74. The quantitative estimate of drug-likeness (QED) is 0.820. The number of rotatable bonds is 6. The van der Waals surface area contributed by atoms with E-state index in [1.54, 1.807) is 12.1 Å². The van der Waals surface area contributed by atoms with E-state index in [1.807, 2.05) is 59.2 Å². The first-order chi connectivity index (χ1) is 13.7. The number of amides is 2. The van der Waals surface area contributed by atoms with E-state index in [0.717, 1.165) is 38.2 Å². The van der Waals surface area contributed by atoms with Crippen molar-refractivity contribution in [3.8, 4) is 0 Å². The van der Waals surface area contributed by atoms with Crippen molar-refractivity contribution in [3.63, 3.8) is 0 Å². The highest BCUT2D eigenvalue weighted by Gasteiger charge is 2.17. The van der Waals surface area contributed by atoms with E-state index in [-0.39, 0.29) is 18.4 Å². The van der Waals surface area contributed by atoms with Gasteiger partial charge in [0.15, 0.2) is 0 Å². The summed E-state index contributed by atoms with van der Waals surface area (Å²) in [5.41, 5.74) is 2.42. The fourth-order valence-electron chi connectivity index (χ4n) is 3.55. The first kappa shape index (κ1) is 19.9. The molecule has 0 bridgehead atoms. The van der Waals surface area contributed by atoms with Crippen molar-refractivity contribution in [2.75, 3.05) is 36.4 Å². The fraction of sp³-hybridized carbons (Fsp3) is 0.391. The van der Waals surface area contributed by atoms with Gasteiger partial charge in [0.1, 0.15) is 0 Å². The summed E-state index contributed by atoms with van der Waals surface area (Å²) in [6, 6.07) is 17.1. The predicted molar refractivity (Wildman–Crippen MR) is 114 cm³/mol. The van der Waals surface area contributed by atoms with E-state index in [2.05, 4.69) is 5.32 Å². The first-order valence-corrected chi connectivity index (χ1v) is 10.2. The number of hydrogen-bond acceptors (Lipinski definition) is 3. The van der Waals surface area contributed by atoms with E-state index >= 15 is 0 Å². The molecule has 148 valence electrons. The molecule has 28 heavy (non-hydrogen) atoms. The summed E-state index contributed by atoms with van der Waals surface area (Å²) < 4.78 is 0. The van der Waals surface area contributed by atoms with Gasteiger partial charge < -0.3 is 15.1 Å². The lowest BCUT2D eigenvalue weighted by Gasteiger charge is -2.22. The van der Waals surface area contributed by atoms with E-state index in [9.17, 15) is 9.59 Å². The third-order valence-corrected chi connectivity index (χ3v) is 5.15. The Bertz CT molecular complexity index is 766. The number of carbonyl (C=O) groups is 2. The highest BCUT2D eigenvalue weighted by atomic mass is 16.2. The number of anilines is 2. The second kappa shape index (κ2) is 9.93. The average molecular weight is 380 g/mol. The van der Waals surface area contributed by atoms with Crippen molar-refractivity contribution >= 4 is 23.2 Å². The Hall–Kier alpha value is -2.82. The van der Waals surface area contributed by atoms with Crippen LogP contribution in [-0.2, 0) is 4.79 Å².